The topological polar surface area (TPSA) is 37.3 Å². The van der Waals surface area contributed by atoms with Crippen LogP contribution in [0.1, 0.15) is 69.8 Å². The fourth-order valence-corrected chi connectivity index (χ4v) is 5.97. The van der Waals surface area contributed by atoms with Crippen LogP contribution in [0, 0.1) is 17.3 Å². The molecule has 0 saturated heterocycles. The van der Waals surface area contributed by atoms with Crippen molar-refractivity contribution in [2.24, 2.45) is 17.3 Å². The molecule has 0 bridgehead atoms. The summed E-state index contributed by atoms with van der Waals surface area (Å²) < 4.78 is 0. The van der Waals surface area contributed by atoms with Crippen LogP contribution in [0.25, 0.3) is 0 Å². The largest absolute Gasteiger partial charge is 0.377 e. The van der Waals surface area contributed by atoms with Crippen LogP contribution in [-0.2, 0) is 10.4 Å². The first-order valence-corrected chi connectivity index (χ1v) is 9.52. The molecule has 0 aromatic heterocycles. The first kappa shape index (κ1) is 15.4. The number of aliphatic hydroxyl groups is 1. The van der Waals surface area contributed by atoms with Gasteiger partial charge in [0.1, 0.15) is 0 Å². The number of Topliss-reactive ketones (excluding diaryl/α,β-unsaturated/α-hetero) is 1. The van der Waals surface area contributed by atoms with Crippen LogP contribution < -0.4 is 0 Å². The zero-order chi connectivity index (χ0) is 15.9. The Hall–Kier alpha value is -1.15. The second-order valence-corrected chi connectivity index (χ2v) is 8.03. The smallest absolute Gasteiger partial charge is 0.173 e. The Kier molecular flexibility index (Phi) is 3.84. The molecule has 2 unspecified atom stereocenters. The van der Waals surface area contributed by atoms with Gasteiger partial charge < -0.3 is 5.11 Å². The predicted octanol–water partition coefficient (Wildman–Crippen LogP) is 4.60. The molecule has 0 radical (unpaired) electrons. The number of hydrogen-bond acceptors (Lipinski definition) is 2. The van der Waals surface area contributed by atoms with E-state index in [1.54, 1.807) is 0 Å². The maximum absolute atomic E-state index is 13.2. The van der Waals surface area contributed by atoms with Crippen molar-refractivity contribution < 1.29 is 9.90 Å². The predicted molar refractivity (Wildman–Crippen MR) is 90.9 cm³/mol. The molecule has 3 saturated carbocycles. The lowest BCUT2D eigenvalue weighted by atomic mass is 9.39. The van der Waals surface area contributed by atoms with Gasteiger partial charge in [0.05, 0.1) is 0 Å². The molecule has 4 rings (SSSR count). The summed E-state index contributed by atoms with van der Waals surface area (Å²) in [7, 11) is 0. The van der Waals surface area contributed by atoms with Gasteiger partial charge in [0.25, 0.3) is 0 Å². The minimum absolute atomic E-state index is 0.105. The minimum atomic E-state index is -1.23. The Labute approximate surface area is 139 Å². The zero-order valence-electron chi connectivity index (χ0n) is 14.0. The van der Waals surface area contributed by atoms with Crippen molar-refractivity contribution in [3.63, 3.8) is 0 Å². The third-order valence-corrected chi connectivity index (χ3v) is 7.01. The number of hydrogen-bond donors (Lipinski definition) is 1. The van der Waals surface area contributed by atoms with Crippen molar-refractivity contribution in [1.29, 1.82) is 0 Å². The molecule has 3 aliphatic rings. The summed E-state index contributed by atoms with van der Waals surface area (Å²) in [5, 5.41) is 11.6. The van der Waals surface area contributed by atoms with E-state index in [1.165, 1.54) is 38.5 Å². The van der Waals surface area contributed by atoms with Crippen molar-refractivity contribution in [3.8, 4) is 0 Å². The van der Waals surface area contributed by atoms with Gasteiger partial charge in [0.2, 0.25) is 0 Å². The Morgan fingerprint density at radius 3 is 2.13 bits per heavy atom. The number of carbonyl (C=O) groups is 1. The molecule has 2 nitrogen and oxygen atoms in total. The van der Waals surface area contributed by atoms with Gasteiger partial charge in [0, 0.05) is 11.3 Å². The van der Waals surface area contributed by atoms with Crippen molar-refractivity contribution in [1.82, 2.24) is 0 Å². The second kappa shape index (κ2) is 5.73. The minimum Gasteiger partial charge on any atom is -0.377 e. The summed E-state index contributed by atoms with van der Waals surface area (Å²) in [6.07, 6.45) is 11.8. The highest BCUT2D eigenvalue weighted by Gasteiger charge is 2.72. The van der Waals surface area contributed by atoms with E-state index in [1.807, 2.05) is 30.3 Å². The highest BCUT2D eigenvalue weighted by atomic mass is 16.3. The molecule has 1 aromatic rings. The van der Waals surface area contributed by atoms with Gasteiger partial charge in [-0.1, -0.05) is 68.9 Å². The van der Waals surface area contributed by atoms with E-state index in [0.29, 0.717) is 5.92 Å². The summed E-state index contributed by atoms with van der Waals surface area (Å²) in [4.78, 5) is 13.2. The Morgan fingerprint density at radius 2 is 1.48 bits per heavy atom. The van der Waals surface area contributed by atoms with Crippen molar-refractivity contribution in [2.75, 3.05) is 0 Å². The summed E-state index contributed by atoms with van der Waals surface area (Å²) >= 11 is 0. The molecule has 0 aliphatic heterocycles. The Balaban J connectivity index is 1.73. The van der Waals surface area contributed by atoms with E-state index < -0.39 is 5.60 Å². The molecule has 2 heteroatoms. The normalized spacial score (nSPS) is 34.3. The van der Waals surface area contributed by atoms with E-state index in [-0.39, 0.29) is 17.1 Å². The van der Waals surface area contributed by atoms with Crippen molar-refractivity contribution in [2.45, 2.75) is 69.8 Å². The standard InChI is InChI=1S/C21H28O2/c22-19-18(16-10-4-1-5-11-16)20(14-8-3-9-15-20)21(19,23)17-12-6-2-7-13-17/h2,6-7,12-13,16,18,23H,1,3-5,8-11,14-15H2. The van der Waals surface area contributed by atoms with Gasteiger partial charge in [-0.3, -0.25) is 4.79 Å². The van der Waals surface area contributed by atoms with Crippen molar-refractivity contribution in [3.05, 3.63) is 35.9 Å². The van der Waals surface area contributed by atoms with Crippen LogP contribution in [0.5, 0.6) is 0 Å². The quantitative estimate of drug-likeness (QED) is 0.866. The highest BCUT2D eigenvalue weighted by molar-refractivity contribution is 5.99. The van der Waals surface area contributed by atoms with Crippen LogP contribution in [0.4, 0.5) is 0 Å². The number of benzene rings is 1. The molecule has 1 N–H and O–H groups in total. The fraction of sp³-hybridized carbons (Fsp3) is 0.667. The Bertz CT molecular complexity index is 567. The summed E-state index contributed by atoms with van der Waals surface area (Å²) in [5.74, 6) is 0.740. The molecule has 23 heavy (non-hydrogen) atoms. The number of ketones is 1. The van der Waals surface area contributed by atoms with E-state index in [2.05, 4.69) is 0 Å². The third kappa shape index (κ3) is 2.07. The van der Waals surface area contributed by atoms with Gasteiger partial charge in [-0.15, -0.1) is 0 Å². The average Bonchev–Trinajstić information content (AvgIpc) is 2.63. The Morgan fingerprint density at radius 1 is 0.870 bits per heavy atom. The summed E-state index contributed by atoms with van der Waals surface area (Å²) in [5.41, 5.74) is -0.582. The van der Waals surface area contributed by atoms with Crippen LogP contribution in [-0.4, -0.2) is 10.9 Å². The molecular formula is C21H28O2. The van der Waals surface area contributed by atoms with Gasteiger partial charge >= 0.3 is 0 Å². The van der Waals surface area contributed by atoms with Gasteiger partial charge in [-0.05, 0) is 37.2 Å². The second-order valence-electron chi connectivity index (χ2n) is 8.03. The lowest BCUT2D eigenvalue weighted by molar-refractivity contribution is -0.228. The lowest BCUT2D eigenvalue weighted by Crippen LogP contribution is -2.71. The molecule has 0 amide bonds. The molecule has 124 valence electrons. The average molecular weight is 312 g/mol. The molecular weight excluding hydrogens is 284 g/mol. The van der Waals surface area contributed by atoms with Crippen LogP contribution >= 0.6 is 0 Å². The third-order valence-electron chi connectivity index (χ3n) is 7.01. The van der Waals surface area contributed by atoms with E-state index in [0.717, 1.165) is 31.2 Å². The zero-order valence-corrected chi connectivity index (χ0v) is 14.0. The van der Waals surface area contributed by atoms with E-state index in [4.69, 9.17) is 0 Å². The van der Waals surface area contributed by atoms with Gasteiger partial charge in [-0.2, -0.15) is 0 Å². The SMILES string of the molecule is O=C1C(C2CCCCC2)C2(CCCCC2)C1(O)c1ccccc1. The maximum Gasteiger partial charge on any atom is 0.173 e. The monoisotopic (exact) mass is 312 g/mol. The van der Waals surface area contributed by atoms with Crippen LogP contribution in [0.2, 0.25) is 0 Å². The maximum atomic E-state index is 13.2. The molecule has 2 atom stereocenters. The van der Waals surface area contributed by atoms with Crippen LogP contribution in [0.15, 0.2) is 30.3 Å². The van der Waals surface area contributed by atoms with E-state index in [9.17, 15) is 9.90 Å². The molecule has 0 heterocycles. The fourth-order valence-electron chi connectivity index (χ4n) is 5.97. The number of carbonyl (C=O) groups excluding carboxylic acids is 1. The first-order valence-electron chi connectivity index (χ1n) is 9.52. The number of rotatable bonds is 2. The first-order chi connectivity index (χ1) is 11.2. The van der Waals surface area contributed by atoms with Crippen LogP contribution in [0.3, 0.4) is 0 Å². The van der Waals surface area contributed by atoms with E-state index >= 15 is 0 Å². The molecule has 3 aliphatic carbocycles. The molecule has 3 fully saturated rings. The molecule has 1 spiro atoms. The van der Waals surface area contributed by atoms with Gasteiger partial charge in [0.15, 0.2) is 11.4 Å². The summed E-state index contributed by atoms with van der Waals surface area (Å²) in [6.45, 7) is 0. The van der Waals surface area contributed by atoms with Crippen molar-refractivity contribution >= 4 is 5.78 Å². The summed E-state index contributed by atoms with van der Waals surface area (Å²) in [6, 6.07) is 9.76. The molecule has 1 aromatic carbocycles. The lowest BCUT2D eigenvalue weighted by Gasteiger charge is -2.64. The van der Waals surface area contributed by atoms with Gasteiger partial charge in [-0.25, -0.2) is 0 Å². The highest BCUT2D eigenvalue weighted by Crippen LogP contribution is 2.67.